The van der Waals surface area contributed by atoms with Crippen LogP contribution in [0.1, 0.15) is 27.2 Å². The van der Waals surface area contributed by atoms with E-state index in [2.05, 4.69) is 25.8 Å². The van der Waals surface area contributed by atoms with Crippen molar-refractivity contribution in [1.29, 1.82) is 0 Å². The first-order valence-corrected chi connectivity index (χ1v) is 5.34. The van der Waals surface area contributed by atoms with Gasteiger partial charge in [-0.15, -0.1) is 0 Å². The van der Waals surface area contributed by atoms with Crippen molar-refractivity contribution < 1.29 is 4.74 Å². The molecule has 3 heteroatoms. The van der Waals surface area contributed by atoms with E-state index in [1.807, 2.05) is 13.0 Å². The van der Waals surface area contributed by atoms with Crippen LogP contribution in [0.4, 0.5) is 0 Å². The fourth-order valence-corrected chi connectivity index (χ4v) is 1.07. The third kappa shape index (κ3) is 6.00. The third-order valence-electron chi connectivity index (χ3n) is 2.37. The van der Waals surface area contributed by atoms with Crippen molar-refractivity contribution in [2.75, 3.05) is 26.7 Å². The Kier molecular flexibility index (Phi) is 7.52. The highest BCUT2D eigenvalue weighted by Crippen LogP contribution is 2.01. The van der Waals surface area contributed by atoms with E-state index in [0.717, 1.165) is 25.2 Å². The van der Waals surface area contributed by atoms with E-state index in [-0.39, 0.29) is 0 Å². The number of nitrogens with two attached hydrogens (primary N) is 1. The summed E-state index contributed by atoms with van der Waals surface area (Å²) in [4.78, 5) is 2.25. The van der Waals surface area contributed by atoms with Crippen LogP contribution in [-0.2, 0) is 4.74 Å². The minimum Gasteiger partial charge on any atom is -0.400 e. The highest BCUT2D eigenvalue weighted by molar-refractivity contribution is 4.93. The third-order valence-corrected chi connectivity index (χ3v) is 2.37. The number of likely N-dealkylation sites (N-methyl/N-ethyl adjacent to an activating group) is 1. The van der Waals surface area contributed by atoms with Crippen molar-refractivity contribution in [1.82, 2.24) is 4.90 Å². The predicted octanol–water partition coefficient (Wildman–Crippen LogP) is 1.60. The molecular formula is C11H24N2O. The van der Waals surface area contributed by atoms with E-state index in [4.69, 9.17) is 10.5 Å². The fourth-order valence-electron chi connectivity index (χ4n) is 1.07. The van der Waals surface area contributed by atoms with Crippen LogP contribution >= 0.6 is 0 Å². The van der Waals surface area contributed by atoms with Crippen LogP contribution < -0.4 is 5.73 Å². The molecule has 0 aliphatic rings. The summed E-state index contributed by atoms with van der Waals surface area (Å²) in [5.74, 6) is 0. The molecular weight excluding hydrogens is 176 g/mol. The first-order chi connectivity index (χ1) is 6.63. The van der Waals surface area contributed by atoms with Crippen molar-refractivity contribution in [3.63, 3.8) is 0 Å². The lowest BCUT2D eigenvalue weighted by atomic mass is 10.2. The van der Waals surface area contributed by atoms with Gasteiger partial charge in [-0.1, -0.05) is 19.9 Å². The highest BCUT2D eigenvalue weighted by atomic mass is 16.5. The van der Waals surface area contributed by atoms with Gasteiger partial charge < -0.3 is 15.4 Å². The average molecular weight is 200 g/mol. The lowest BCUT2D eigenvalue weighted by Gasteiger charge is -2.22. The number of ether oxygens (including phenoxy) is 1. The van der Waals surface area contributed by atoms with Gasteiger partial charge >= 0.3 is 0 Å². The van der Waals surface area contributed by atoms with Gasteiger partial charge in [0.25, 0.3) is 0 Å². The predicted molar refractivity (Wildman–Crippen MR) is 61.1 cm³/mol. The largest absolute Gasteiger partial charge is 0.400 e. The molecule has 0 aliphatic carbocycles. The van der Waals surface area contributed by atoms with E-state index in [0.29, 0.717) is 12.7 Å². The van der Waals surface area contributed by atoms with Crippen LogP contribution in [0.5, 0.6) is 0 Å². The summed E-state index contributed by atoms with van der Waals surface area (Å²) in [5.41, 5.74) is 6.47. The standard InChI is InChI=1S/C11H24N2O/c1-5-10(12)9-14-11(6-2)8-13(4)7-3/h5,11H,6-9,12H2,1-4H3/b10-5-/t11-/m1/s1. The zero-order chi connectivity index (χ0) is 11.0. The number of hydrogen-bond donors (Lipinski definition) is 1. The minimum atomic E-state index is 0.290. The summed E-state index contributed by atoms with van der Waals surface area (Å²) in [5, 5.41) is 0. The Bertz CT molecular complexity index is 169. The Morgan fingerprint density at radius 3 is 2.57 bits per heavy atom. The molecule has 0 saturated heterocycles. The van der Waals surface area contributed by atoms with Gasteiger partial charge in [-0.25, -0.2) is 0 Å². The summed E-state index contributed by atoms with van der Waals surface area (Å²) in [6.45, 7) is 8.79. The van der Waals surface area contributed by atoms with Crippen LogP contribution in [0.15, 0.2) is 11.8 Å². The molecule has 0 aliphatic heterocycles. The molecule has 0 bridgehead atoms. The maximum atomic E-state index is 5.68. The topological polar surface area (TPSA) is 38.5 Å². The smallest absolute Gasteiger partial charge is 0.0861 e. The van der Waals surface area contributed by atoms with Crippen molar-refractivity contribution in [2.24, 2.45) is 5.73 Å². The van der Waals surface area contributed by atoms with E-state index in [1.165, 1.54) is 0 Å². The summed E-state index contributed by atoms with van der Waals surface area (Å²) >= 11 is 0. The van der Waals surface area contributed by atoms with E-state index in [1.54, 1.807) is 0 Å². The van der Waals surface area contributed by atoms with Crippen LogP contribution in [-0.4, -0.2) is 37.7 Å². The van der Waals surface area contributed by atoms with E-state index < -0.39 is 0 Å². The molecule has 3 nitrogen and oxygen atoms in total. The van der Waals surface area contributed by atoms with Gasteiger partial charge in [-0.3, -0.25) is 0 Å². The molecule has 0 heterocycles. The van der Waals surface area contributed by atoms with Crippen molar-refractivity contribution in [3.05, 3.63) is 11.8 Å². The molecule has 0 aromatic carbocycles. The van der Waals surface area contributed by atoms with Crippen molar-refractivity contribution in [2.45, 2.75) is 33.3 Å². The summed E-state index contributed by atoms with van der Waals surface area (Å²) < 4.78 is 5.68. The summed E-state index contributed by atoms with van der Waals surface area (Å²) in [6.07, 6.45) is 3.20. The van der Waals surface area contributed by atoms with E-state index in [9.17, 15) is 0 Å². The average Bonchev–Trinajstić information content (AvgIpc) is 2.22. The number of nitrogens with zero attached hydrogens (tertiary/aromatic N) is 1. The quantitative estimate of drug-likeness (QED) is 0.678. The second-order valence-electron chi connectivity index (χ2n) is 3.56. The molecule has 0 spiro atoms. The van der Waals surface area contributed by atoms with Gasteiger partial charge in [-0.2, -0.15) is 0 Å². The molecule has 0 radical (unpaired) electrons. The second-order valence-corrected chi connectivity index (χ2v) is 3.56. The number of hydrogen-bond acceptors (Lipinski definition) is 3. The minimum absolute atomic E-state index is 0.290. The van der Waals surface area contributed by atoms with Gasteiger partial charge in [-0.05, 0) is 26.9 Å². The molecule has 1 atom stereocenters. The second kappa shape index (κ2) is 7.83. The molecule has 84 valence electrons. The lowest BCUT2D eigenvalue weighted by molar-refractivity contribution is 0.0432. The Morgan fingerprint density at radius 1 is 1.50 bits per heavy atom. The molecule has 2 N–H and O–H groups in total. The normalized spacial score (nSPS) is 14.8. The fraction of sp³-hybridized carbons (Fsp3) is 0.818. The molecule has 0 aromatic rings. The van der Waals surface area contributed by atoms with Crippen LogP contribution in [0.3, 0.4) is 0 Å². The SMILES string of the molecule is C/C=C(\N)CO[C@H](CC)CN(C)CC. The number of allylic oxidation sites excluding steroid dienone is 1. The maximum Gasteiger partial charge on any atom is 0.0861 e. The zero-order valence-electron chi connectivity index (χ0n) is 9.92. The molecule has 0 saturated carbocycles. The Morgan fingerprint density at radius 2 is 2.14 bits per heavy atom. The first-order valence-electron chi connectivity index (χ1n) is 5.34. The van der Waals surface area contributed by atoms with Gasteiger partial charge in [0, 0.05) is 12.2 Å². The van der Waals surface area contributed by atoms with Crippen LogP contribution in [0.2, 0.25) is 0 Å². The van der Waals surface area contributed by atoms with Crippen molar-refractivity contribution >= 4 is 0 Å². The van der Waals surface area contributed by atoms with Gasteiger partial charge in [0.05, 0.1) is 12.7 Å². The van der Waals surface area contributed by atoms with Gasteiger partial charge in [0.15, 0.2) is 0 Å². The molecule has 0 fully saturated rings. The molecule has 14 heavy (non-hydrogen) atoms. The molecule has 0 unspecified atom stereocenters. The van der Waals surface area contributed by atoms with E-state index >= 15 is 0 Å². The van der Waals surface area contributed by atoms with Crippen LogP contribution in [0, 0.1) is 0 Å². The van der Waals surface area contributed by atoms with Gasteiger partial charge in [0.2, 0.25) is 0 Å². The van der Waals surface area contributed by atoms with Crippen LogP contribution in [0.25, 0.3) is 0 Å². The molecule has 0 amide bonds. The highest BCUT2D eigenvalue weighted by Gasteiger charge is 2.08. The Labute approximate surface area is 87.9 Å². The zero-order valence-corrected chi connectivity index (χ0v) is 9.92. The van der Waals surface area contributed by atoms with Crippen molar-refractivity contribution in [3.8, 4) is 0 Å². The Balaban J connectivity index is 3.79. The maximum absolute atomic E-state index is 5.68. The molecule has 0 aromatic heterocycles. The molecule has 0 rings (SSSR count). The lowest BCUT2D eigenvalue weighted by Crippen LogP contribution is -2.31. The summed E-state index contributed by atoms with van der Waals surface area (Å²) in [6, 6.07) is 0. The Hall–Kier alpha value is -0.540. The first kappa shape index (κ1) is 13.5. The number of rotatable bonds is 7. The monoisotopic (exact) mass is 200 g/mol. The van der Waals surface area contributed by atoms with Gasteiger partial charge in [0.1, 0.15) is 0 Å². The summed E-state index contributed by atoms with van der Waals surface area (Å²) in [7, 11) is 2.10.